The van der Waals surface area contributed by atoms with Gasteiger partial charge in [-0.3, -0.25) is 0 Å². The van der Waals surface area contributed by atoms with E-state index in [1.165, 1.54) is 17.7 Å². The number of alkyl halides is 3. The van der Waals surface area contributed by atoms with Crippen molar-refractivity contribution in [3.05, 3.63) is 65.2 Å². The van der Waals surface area contributed by atoms with E-state index >= 15 is 0 Å². The van der Waals surface area contributed by atoms with Crippen LogP contribution in [0, 0.1) is 0 Å². The van der Waals surface area contributed by atoms with Crippen LogP contribution in [0.4, 0.5) is 18.9 Å². The largest absolute Gasteiger partial charge is 0.416 e. The summed E-state index contributed by atoms with van der Waals surface area (Å²) in [5, 5.41) is 6.62. The number of anilines is 1. The van der Waals surface area contributed by atoms with Gasteiger partial charge in [-0.1, -0.05) is 31.2 Å². The normalized spacial score (nSPS) is 11.2. The van der Waals surface area contributed by atoms with Gasteiger partial charge in [0, 0.05) is 12.2 Å². The minimum atomic E-state index is -4.30. The summed E-state index contributed by atoms with van der Waals surface area (Å²) >= 11 is 5.21. The Morgan fingerprint density at radius 1 is 0.958 bits per heavy atom. The van der Waals surface area contributed by atoms with Crippen LogP contribution < -0.4 is 10.6 Å². The molecule has 0 aliphatic heterocycles. The Bertz CT molecular complexity index is 664. The zero-order valence-corrected chi connectivity index (χ0v) is 14.1. The highest BCUT2D eigenvalue weighted by molar-refractivity contribution is 7.80. The van der Waals surface area contributed by atoms with Gasteiger partial charge in [-0.05, 0) is 60.5 Å². The van der Waals surface area contributed by atoms with E-state index in [1.807, 2.05) is 24.3 Å². The molecule has 0 heterocycles. The molecule has 0 bridgehead atoms. The first kappa shape index (κ1) is 18.3. The van der Waals surface area contributed by atoms with Gasteiger partial charge in [0.1, 0.15) is 0 Å². The molecular formula is C18H19F3N2S. The standard InChI is InChI=1S/C18H19F3N2S/c1-2-13-5-9-16(10-6-13)23-17(24)22-12-11-14-3-7-15(8-4-14)18(19,20)21/h3-10H,2,11-12H2,1H3,(H2,22,23,24). The molecule has 6 heteroatoms. The fourth-order valence-corrected chi connectivity index (χ4v) is 2.40. The number of hydrogen-bond donors (Lipinski definition) is 2. The fraction of sp³-hybridized carbons (Fsp3) is 0.278. The molecule has 0 aromatic heterocycles. The monoisotopic (exact) mass is 352 g/mol. The van der Waals surface area contributed by atoms with Gasteiger partial charge in [-0.2, -0.15) is 13.2 Å². The minimum absolute atomic E-state index is 0.492. The molecule has 0 fully saturated rings. The van der Waals surface area contributed by atoms with Gasteiger partial charge < -0.3 is 10.6 Å². The van der Waals surface area contributed by atoms with Crippen molar-refractivity contribution in [1.82, 2.24) is 5.32 Å². The molecular weight excluding hydrogens is 333 g/mol. The predicted molar refractivity (Wildman–Crippen MR) is 95.2 cm³/mol. The zero-order chi connectivity index (χ0) is 17.6. The van der Waals surface area contributed by atoms with Crippen molar-refractivity contribution >= 4 is 23.0 Å². The lowest BCUT2D eigenvalue weighted by atomic mass is 10.1. The SMILES string of the molecule is CCc1ccc(NC(=S)NCCc2ccc(C(F)(F)F)cc2)cc1. The van der Waals surface area contributed by atoms with Crippen LogP contribution in [0.1, 0.15) is 23.6 Å². The van der Waals surface area contributed by atoms with Gasteiger partial charge in [0.05, 0.1) is 5.56 Å². The maximum Gasteiger partial charge on any atom is 0.416 e. The number of hydrogen-bond acceptors (Lipinski definition) is 1. The van der Waals surface area contributed by atoms with E-state index in [4.69, 9.17) is 12.2 Å². The molecule has 0 saturated heterocycles. The Hall–Kier alpha value is -2.08. The van der Waals surface area contributed by atoms with E-state index in [1.54, 1.807) is 0 Å². The first-order chi connectivity index (χ1) is 11.4. The average molecular weight is 352 g/mol. The van der Waals surface area contributed by atoms with Crippen LogP contribution in [0.3, 0.4) is 0 Å². The first-order valence-electron chi connectivity index (χ1n) is 7.68. The van der Waals surface area contributed by atoms with Crippen molar-refractivity contribution < 1.29 is 13.2 Å². The van der Waals surface area contributed by atoms with Gasteiger partial charge >= 0.3 is 6.18 Å². The van der Waals surface area contributed by atoms with Gasteiger partial charge in [-0.25, -0.2) is 0 Å². The molecule has 0 aliphatic rings. The van der Waals surface area contributed by atoms with E-state index in [2.05, 4.69) is 17.6 Å². The highest BCUT2D eigenvalue weighted by Gasteiger charge is 2.29. The molecule has 0 aliphatic carbocycles. The molecule has 0 spiro atoms. The van der Waals surface area contributed by atoms with Crippen molar-refractivity contribution in [3.63, 3.8) is 0 Å². The smallest absolute Gasteiger partial charge is 0.362 e. The van der Waals surface area contributed by atoms with Crippen molar-refractivity contribution in [1.29, 1.82) is 0 Å². The van der Waals surface area contributed by atoms with Gasteiger partial charge in [0.2, 0.25) is 0 Å². The van der Waals surface area contributed by atoms with Gasteiger partial charge in [0.25, 0.3) is 0 Å². The molecule has 2 rings (SSSR count). The van der Waals surface area contributed by atoms with E-state index in [0.29, 0.717) is 18.1 Å². The second-order valence-electron chi connectivity index (χ2n) is 5.38. The maximum absolute atomic E-state index is 12.5. The number of nitrogens with one attached hydrogen (secondary N) is 2. The minimum Gasteiger partial charge on any atom is -0.362 e. The summed E-state index contributed by atoms with van der Waals surface area (Å²) in [6, 6.07) is 13.2. The van der Waals surface area contributed by atoms with Crippen LogP contribution >= 0.6 is 12.2 Å². The Balaban J connectivity index is 1.77. The summed E-state index contributed by atoms with van der Waals surface area (Å²) in [7, 11) is 0. The van der Waals surface area contributed by atoms with Crippen molar-refractivity contribution in [2.24, 2.45) is 0 Å². The fourth-order valence-electron chi connectivity index (χ4n) is 2.18. The van der Waals surface area contributed by atoms with Gasteiger partial charge in [-0.15, -0.1) is 0 Å². The molecule has 24 heavy (non-hydrogen) atoms. The van der Waals surface area contributed by atoms with E-state index in [9.17, 15) is 13.2 Å². The zero-order valence-electron chi connectivity index (χ0n) is 13.3. The molecule has 0 atom stereocenters. The molecule has 2 nitrogen and oxygen atoms in total. The van der Waals surface area contributed by atoms with E-state index in [0.717, 1.165) is 29.8 Å². The van der Waals surface area contributed by atoms with Crippen molar-refractivity contribution in [2.75, 3.05) is 11.9 Å². The predicted octanol–water partition coefficient (Wildman–Crippen LogP) is 4.80. The first-order valence-corrected chi connectivity index (χ1v) is 8.09. The van der Waals surface area contributed by atoms with Crippen LogP contribution in [-0.4, -0.2) is 11.7 Å². The van der Waals surface area contributed by atoms with Gasteiger partial charge in [0.15, 0.2) is 5.11 Å². The molecule has 0 radical (unpaired) electrons. The number of aryl methyl sites for hydroxylation is 1. The number of rotatable bonds is 5. The molecule has 2 aromatic carbocycles. The molecule has 2 aromatic rings. The summed E-state index contributed by atoms with van der Waals surface area (Å²) < 4.78 is 37.5. The summed E-state index contributed by atoms with van der Waals surface area (Å²) in [6.07, 6.45) is -2.72. The highest BCUT2D eigenvalue weighted by Crippen LogP contribution is 2.29. The lowest BCUT2D eigenvalue weighted by Crippen LogP contribution is -2.30. The van der Waals surface area contributed by atoms with Crippen LogP contribution in [0.5, 0.6) is 0 Å². The topological polar surface area (TPSA) is 24.1 Å². The summed E-state index contributed by atoms with van der Waals surface area (Å²) in [6.45, 7) is 2.64. The molecule has 0 unspecified atom stereocenters. The van der Waals surface area contributed by atoms with Crippen LogP contribution in [-0.2, 0) is 19.0 Å². The maximum atomic E-state index is 12.5. The lowest BCUT2D eigenvalue weighted by molar-refractivity contribution is -0.137. The van der Waals surface area contributed by atoms with Crippen molar-refractivity contribution in [3.8, 4) is 0 Å². The molecule has 2 N–H and O–H groups in total. The molecule has 0 amide bonds. The lowest BCUT2D eigenvalue weighted by Gasteiger charge is -2.11. The Morgan fingerprint density at radius 2 is 1.54 bits per heavy atom. The summed E-state index contributed by atoms with van der Waals surface area (Å²) in [5.41, 5.74) is 2.35. The van der Waals surface area contributed by atoms with Crippen LogP contribution in [0.15, 0.2) is 48.5 Å². The van der Waals surface area contributed by atoms with Crippen LogP contribution in [0.25, 0.3) is 0 Å². The van der Waals surface area contributed by atoms with E-state index < -0.39 is 11.7 Å². The number of halogens is 3. The number of thiocarbonyl (C=S) groups is 1. The Kier molecular flexibility index (Phi) is 6.20. The van der Waals surface area contributed by atoms with Crippen molar-refractivity contribution in [2.45, 2.75) is 25.9 Å². The number of benzene rings is 2. The van der Waals surface area contributed by atoms with Crippen LogP contribution in [0.2, 0.25) is 0 Å². The Morgan fingerprint density at radius 3 is 2.08 bits per heavy atom. The highest BCUT2D eigenvalue weighted by atomic mass is 32.1. The quantitative estimate of drug-likeness (QED) is 0.756. The molecule has 128 valence electrons. The molecule has 0 saturated carbocycles. The third kappa shape index (κ3) is 5.53. The third-order valence-corrected chi connectivity index (χ3v) is 3.85. The average Bonchev–Trinajstić information content (AvgIpc) is 2.55. The third-order valence-electron chi connectivity index (χ3n) is 3.60. The van der Waals surface area contributed by atoms with E-state index in [-0.39, 0.29) is 0 Å². The Labute approximate surface area is 145 Å². The second-order valence-corrected chi connectivity index (χ2v) is 5.78. The summed E-state index contributed by atoms with van der Waals surface area (Å²) in [4.78, 5) is 0. The second kappa shape index (κ2) is 8.15. The summed E-state index contributed by atoms with van der Waals surface area (Å²) in [5.74, 6) is 0.